The molecule has 4 nitrogen and oxygen atoms in total. The summed E-state index contributed by atoms with van der Waals surface area (Å²) in [6.07, 6.45) is 1.75. The standard InChI is InChI=1S/C16H16N2O2/c1-11-3-4-14(12(2)9-11)10-17-18-15-7-5-13(6-8-15)16(19)20/h3-10,18H,1-2H3,(H,19,20)/b17-10+. The molecule has 0 aromatic heterocycles. The summed E-state index contributed by atoms with van der Waals surface area (Å²) in [6, 6.07) is 12.6. The highest BCUT2D eigenvalue weighted by Gasteiger charge is 2.00. The first-order chi connectivity index (χ1) is 9.56. The molecule has 0 aliphatic heterocycles. The minimum absolute atomic E-state index is 0.258. The van der Waals surface area contributed by atoms with Gasteiger partial charge in [-0.05, 0) is 49.2 Å². The van der Waals surface area contributed by atoms with Gasteiger partial charge in [-0.3, -0.25) is 5.43 Å². The first-order valence-electron chi connectivity index (χ1n) is 6.26. The Kier molecular flexibility index (Phi) is 4.15. The number of benzene rings is 2. The van der Waals surface area contributed by atoms with Crippen molar-refractivity contribution >= 4 is 17.9 Å². The molecule has 0 radical (unpaired) electrons. The third-order valence-corrected chi connectivity index (χ3v) is 2.95. The summed E-state index contributed by atoms with van der Waals surface area (Å²) in [7, 11) is 0. The Morgan fingerprint density at radius 2 is 1.85 bits per heavy atom. The monoisotopic (exact) mass is 268 g/mol. The second-order valence-corrected chi connectivity index (χ2v) is 4.61. The molecule has 2 aromatic carbocycles. The molecule has 0 heterocycles. The lowest BCUT2D eigenvalue weighted by Crippen LogP contribution is -1.97. The third-order valence-electron chi connectivity index (χ3n) is 2.95. The molecule has 0 saturated carbocycles. The zero-order chi connectivity index (χ0) is 14.5. The van der Waals surface area contributed by atoms with Gasteiger partial charge in [-0.2, -0.15) is 5.10 Å². The Morgan fingerprint density at radius 3 is 2.45 bits per heavy atom. The second-order valence-electron chi connectivity index (χ2n) is 4.61. The van der Waals surface area contributed by atoms with Gasteiger partial charge in [0, 0.05) is 0 Å². The summed E-state index contributed by atoms with van der Waals surface area (Å²) in [5, 5.41) is 13.0. The number of carboxylic acid groups (broad SMARTS) is 1. The van der Waals surface area contributed by atoms with E-state index >= 15 is 0 Å². The number of hydrazone groups is 1. The molecule has 0 unspecified atom stereocenters. The van der Waals surface area contributed by atoms with Crippen LogP contribution in [-0.4, -0.2) is 17.3 Å². The fourth-order valence-corrected chi connectivity index (χ4v) is 1.83. The topological polar surface area (TPSA) is 61.7 Å². The van der Waals surface area contributed by atoms with Gasteiger partial charge in [0.05, 0.1) is 17.5 Å². The van der Waals surface area contributed by atoms with Crippen molar-refractivity contribution < 1.29 is 9.90 Å². The van der Waals surface area contributed by atoms with Gasteiger partial charge in [0.2, 0.25) is 0 Å². The van der Waals surface area contributed by atoms with E-state index in [1.807, 2.05) is 19.1 Å². The Bertz CT molecular complexity index is 646. The first-order valence-corrected chi connectivity index (χ1v) is 6.26. The lowest BCUT2D eigenvalue weighted by Gasteiger charge is -2.03. The van der Waals surface area contributed by atoms with Crippen molar-refractivity contribution in [3.63, 3.8) is 0 Å². The summed E-state index contributed by atoms with van der Waals surface area (Å²) in [5.74, 6) is -0.935. The molecule has 2 aromatic rings. The molecule has 2 N–H and O–H groups in total. The van der Waals surface area contributed by atoms with Crippen molar-refractivity contribution in [2.24, 2.45) is 5.10 Å². The zero-order valence-corrected chi connectivity index (χ0v) is 11.4. The van der Waals surface area contributed by atoms with E-state index in [-0.39, 0.29) is 5.56 Å². The van der Waals surface area contributed by atoms with Crippen LogP contribution in [0.15, 0.2) is 47.6 Å². The summed E-state index contributed by atoms with van der Waals surface area (Å²) < 4.78 is 0. The fraction of sp³-hybridized carbons (Fsp3) is 0.125. The number of aryl methyl sites for hydroxylation is 2. The summed E-state index contributed by atoms with van der Waals surface area (Å²) in [6.45, 7) is 4.09. The van der Waals surface area contributed by atoms with Gasteiger partial charge in [-0.25, -0.2) is 4.79 Å². The predicted octanol–water partition coefficient (Wildman–Crippen LogP) is 3.45. The van der Waals surface area contributed by atoms with E-state index in [0.717, 1.165) is 16.8 Å². The van der Waals surface area contributed by atoms with Crippen molar-refractivity contribution in [3.8, 4) is 0 Å². The normalized spacial score (nSPS) is 10.7. The number of hydrogen-bond acceptors (Lipinski definition) is 3. The van der Waals surface area contributed by atoms with Gasteiger partial charge in [-0.15, -0.1) is 0 Å². The number of nitrogens with one attached hydrogen (secondary N) is 1. The molecule has 0 spiro atoms. The Balaban J connectivity index is 2.04. The smallest absolute Gasteiger partial charge is 0.335 e. The molecule has 0 atom stereocenters. The van der Waals surface area contributed by atoms with Gasteiger partial charge >= 0.3 is 5.97 Å². The van der Waals surface area contributed by atoms with Crippen LogP contribution in [0, 0.1) is 13.8 Å². The third kappa shape index (κ3) is 3.45. The fourth-order valence-electron chi connectivity index (χ4n) is 1.83. The SMILES string of the molecule is Cc1ccc(/C=N/Nc2ccc(C(=O)O)cc2)c(C)c1. The number of aromatic carboxylic acids is 1. The van der Waals surface area contributed by atoms with Crippen LogP contribution >= 0.6 is 0 Å². The largest absolute Gasteiger partial charge is 0.478 e. The highest BCUT2D eigenvalue weighted by molar-refractivity contribution is 5.88. The molecule has 0 saturated heterocycles. The average Bonchev–Trinajstić information content (AvgIpc) is 2.42. The maximum absolute atomic E-state index is 10.7. The summed E-state index contributed by atoms with van der Waals surface area (Å²) in [4.78, 5) is 10.7. The first kappa shape index (κ1) is 13.8. The van der Waals surface area contributed by atoms with Crippen LogP contribution in [0.4, 0.5) is 5.69 Å². The van der Waals surface area contributed by atoms with E-state index in [1.54, 1.807) is 18.3 Å². The minimum atomic E-state index is -0.935. The highest BCUT2D eigenvalue weighted by atomic mass is 16.4. The van der Waals surface area contributed by atoms with E-state index in [4.69, 9.17) is 5.11 Å². The van der Waals surface area contributed by atoms with E-state index in [9.17, 15) is 4.79 Å². The molecule has 0 aliphatic rings. The average molecular weight is 268 g/mol. The molecule has 0 aliphatic carbocycles. The van der Waals surface area contributed by atoms with E-state index in [0.29, 0.717) is 0 Å². The second kappa shape index (κ2) is 6.02. The minimum Gasteiger partial charge on any atom is -0.478 e. The van der Waals surface area contributed by atoms with Gasteiger partial charge in [0.1, 0.15) is 0 Å². The van der Waals surface area contributed by atoms with Gasteiger partial charge in [0.25, 0.3) is 0 Å². The van der Waals surface area contributed by atoms with Crippen LogP contribution in [0.5, 0.6) is 0 Å². The Hall–Kier alpha value is -2.62. The molecule has 0 fully saturated rings. The quantitative estimate of drug-likeness (QED) is 0.659. The number of hydrogen-bond donors (Lipinski definition) is 2. The van der Waals surface area contributed by atoms with E-state index in [1.165, 1.54) is 17.7 Å². The molecule has 2 rings (SSSR count). The van der Waals surface area contributed by atoms with Crippen molar-refractivity contribution in [3.05, 3.63) is 64.7 Å². The maximum atomic E-state index is 10.7. The van der Waals surface area contributed by atoms with Crippen molar-refractivity contribution in [2.75, 3.05) is 5.43 Å². The molecule has 0 bridgehead atoms. The lowest BCUT2D eigenvalue weighted by atomic mass is 10.1. The molecule has 102 valence electrons. The van der Waals surface area contributed by atoms with Crippen LogP contribution in [0.3, 0.4) is 0 Å². The van der Waals surface area contributed by atoms with Crippen LogP contribution in [0.25, 0.3) is 0 Å². The van der Waals surface area contributed by atoms with Gasteiger partial charge in [0.15, 0.2) is 0 Å². The predicted molar refractivity (Wildman–Crippen MR) is 80.5 cm³/mol. The van der Waals surface area contributed by atoms with E-state index in [2.05, 4.69) is 23.5 Å². The summed E-state index contributed by atoms with van der Waals surface area (Å²) in [5.41, 5.74) is 7.31. The molecular weight excluding hydrogens is 252 g/mol. The highest BCUT2D eigenvalue weighted by Crippen LogP contribution is 2.11. The van der Waals surface area contributed by atoms with Crippen LogP contribution in [-0.2, 0) is 0 Å². The number of carboxylic acids is 1. The van der Waals surface area contributed by atoms with E-state index < -0.39 is 5.97 Å². The maximum Gasteiger partial charge on any atom is 0.335 e. The molecule has 20 heavy (non-hydrogen) atoms. The van der Waals surface area contributed by atoms with Crippen LogP contribution in [0.2, 0.25) is 0 Å². The lowest BCUT2D eigenvalue weighted by molar-refractivity contribution is 0.0697. The van der Waals surface area contributed by atoms with Gasteiger partial charge < -0.3 is 5.11 Å². The van der Waals surface area contributed by atoms with Crippen molar-refractivity contribution in [1.29, 1.82) is 0 Å². The molecule has 0 amide bonds. The number of nitrogens with zero attached hydrogens (tertiary/aromatic N) is 1. The number of carbonyl (C=O) groups is 1. The Labute approximate surface area is 117 Å². The summed E-state index contributed by atoms with van der Waals surface area (Å²) >= 11 is 0. The van der Waals surface area contributed by atoms with Crippen LogP contribution < -0.4 is 5.43 Å². The number of anilines is 1. The van der Waals surface area contributed by atoms with Crippen molar-refractivity contribution in [1.82, 2.24) is 0 Å². The van der Waals surface area contributed by atoms with Crippen molar-refractivity contribution in [2.45, 2.75) is 13.8 Å². The van der Waals surface area contributed by atoms with Crippen LogP contribution in [0.1, 0.15) is 27.0 Å². The molecule has 4 heteroatoms. The molecular formula is C16H16N2O2. The van der Waals surface area contributed by atoms with Gasteiger partial charge in [-0.1, -0.05) is 23.8 Å². The zero-order valence-electron chi connectivity index (χ0n) is 11.4. The number of rotatable bonds is 4. The Morgan fingerprint density at radius 1 is 1.15 bits per heavy atom.